The Morgan fingerprint density at radius 1 is 1.47 bits per heavy atom. The molecule has 0 radical (unpaired) electrons. The minimum atomic E-state index is -0.172. The predicted octanol–water partition coefficient (Wildman–Crippen LogP) is 1.34. The van der Waals surface area contributed by atoms with Crippen molar-refractivity contribution in [2.75, 3.05) is 12.4 Å². The predicted molar refractivity (Wildman–Crippen MR) is 74.3 cm³/mol. The molecule has 0 bridgehead atoms. The third-order valence-corrected chi connectivity index (χ3v) is 3.32. The van der Waals surface area contributed by atoms with Crippen LogP contribution in [-0.2, 0) is 6.42 Å². The van der Waals surface area contributed by atoms with Crippen molar-refractivity contribution in [1.29, 1.82) is 0 Å². The standard InChI is InChI=1S/C12H15N5OS/c1-8(5-9-6-14-3-4-15-9)16-11(18)10-7-19-12(13-2)17-10/h3-4,6-8H,5H2,1-2H3,(H,13,17)(H,16,18). The number of carbonyl (C=O) groups is 1. The lowest BCUT2D eigenvalue weighted by atomic mass is 10.2. The highest BCUT2D eigenvalue weighted by atomic mass is 32.1. The minimum absolute atomic E-state index is 0.0241. The van der Waals surface area contributed by atoms with Crippen molar-refractivity contribution in [3.63, 3.8) is 0 Å². The first-order valence-electron chi connectivity index (χ1n) is 5.88. The molecule has 6 nitrogen and oxygen atoms in total. The van der Waals surface area contributed by atoms with Crippen molar-refractivity contribution in [3.8, 4) is 0 Å². The number of hydrogen-bond acceptors (Lipinski definition) is 6. The van der Waals surface area contributed by atoms with E-state index < -0.39 is 0 Å². The maximum absolute atomic E-state index is 11.9. The molecule has 2 aromatic heterocycles. The molecule has 1 atom stereocenters. The van der Waals surface area contributed by atoms with Crippen LogP contribution in [0.1, 0.15) is 23.1 Å². The SMILES string of the molecule is CNc1nc(C(=O)NC(C)Cc2cnccn2)cs1. The van der Waals surface area contributed by atoms with Crippen molar-refractivity contribution in [1.82, 2.24) is 20.3 Å². The normalized spacial score (nSPS) is 11.9. The van der Waals surface area contributed by atoms with E-state index in [4.69, 9.17) is 0 Å². The van der Waals surface area contributed by atoms with Crippen LogP contribution >= 0.6 is 11.3 Å². The zero-order valence-electron chi connectivity index (χ0n) is 10.8. The van der Waals surface area contributed by atoms with E-state index in [-0.39, 0.29) is 11.9 Å². The number of aromatic nitrogens is 3. The van der Waals surface area contributed by atoms with Gasteiger partial charge in [-0.25, -0.2) is 4.98 Å². The molecule has 7 heteroatoms. The van der Waals surface area contributed by atoms with Crippen molar-refractivity contribution in [2.45, 2.75) is 19.4 Å². The summed E-state index contributed by atoms with van der Waals surface area (Å²) in [4.78, 5) is 24.3. The van der Waals surface area contributed by atoms with Crippen molar-refractivity contribution >= 4 is 22.4 Å². The first-order valence-corrected chi connectivity index (χ1v) is 6.76. The van der Waals surface area contributed by atoms with Gasteiger partial charge in [0.25, 0.3) is 5.91 Å². The second kappa shape index (κ2) is 6.24. The number of nitrogens with zero attached hydrogens (tertiary/aromatic N) is 3. The molecule has 0 aliphatic carbocycles. The van der Waals surface area contributed by atoms with Gasteiger partial charge in [0.2, 0.25) is 0 Å². The Balaban J connectivity index is 1.91. The number of thiazole rings is 1. The number of nitrogens with one attached hydrogen (secondary N) is 2. The molecule has 2 rings (SSSR count). The lowest BCUT2D eigenvalue weighted by Crippen LogP contribution is -2.34. The maximum atomic E-state index is 11.9. The molecule has 0 saturated carbocycles. The third kappa shape index (κ3) is 3.72. The summed E-state index contributed by atoms with van der Waals surface area (Å²) in [6.07, 6.45) is 5.61. The molecule has 0 aliphatic heterocycles. The van der Waals surface area contributed by atoms with Crippen LogP contribution in [0.2, 0.25) is 0 Å². The minimum Gasteiger partial charge on any atom is -0.365 e. The van der Waals surface area contributed by atoms with Gasteiger partial charge >= 0.3 is 0 Å². The van der Waals surface area contributed by atoms with Gasteiger partial charge < -0.3 is 10.6 Å². The van der Waals surface area contributed by atoms with E-state index in [0.717, 1.165) is 10.8 Å². The molecule has 1 unspecified atom stereocenters. The largest absolute Gasteiger partial charge is 0.365 e. The summed E-state index contributed by atoms with van der Waals surface area (Å²) in [7, 11) is 1.78. The van der Waals surface area contributed by atoms with E-state index in [1.807, 2.05) is 6.92 Å². The van der Waals surface area contributed by atoms with Crippen molar-refractivity contribution < 1.29 is 4.79 Å². The van der Waals surface area contributed by atoms with E-state index in [2.05, 4.69) is 25.6 Å². The fraction of sp³-hybridized carbons (Fsp3) is 0.333. The van der Waals surface area contributed by atoms with Crippen LogP contribution in [0, 0.1) is 0 Å². The number of amides is 1. The van der Waals surface area contributed by atoms with E-state index in [1.165, 1.54) is 11.3 Å². The van der Waals surface area contributed by atoms with E-state index in [1.54, 1.807) is 31.0 Å². The molecule has 0 aromatic carbocycles. The number of rotatable bonds is 5. The summed E-state index contributed by atoms with van der Waals surface area (Å²) in [5.41, 5.74) is 1.28. The van der Waals surface area contributed by atoms with E-state index in [9.17, 15) is 4.79 Å². The van der Waals surface area contributed by atoms with Crippen LogP contribution in [0.15, 0.2) is 24.0 Å². The summed E-state index contributed by atoms with van der Waals surface area (Å²) in [5, 5.41) is 8.26. The molecular formula is C12H15N5OS. The molecule has 100 valence electrons. The first kappa shape index (κ1) is 13.4. The summed E-state index contributed by atoms with van der Waals surface area (Å²) < 4.78 is 0. The quantitative estimate of drug-likeness (QED) is 0.862. The lowest BCUT2D eigenvalue weighted by Gasteiger charge is -2.12. The number of carbonyl (C=O) groups excluding carboxylic acids is 1. The van der Waals surface area contributed by atoms with Gasteiger partial charge in [0.1, 0.15) is 5.69 Å². The molecular weight excluding hydrogens is 262 g/mol. The summed E-state index contributed by atoms with van der Waals surface area (Å²) in [6.45, 7) is 1.93. The highest BCUT2D eigenvalue weighted by Crippen LogP contribution is 2.14. The van der Waals surface area contributed by atoms with Gasteiger partial charge in [0.15, 0.2) is 5.13 Å². The first-order chi connectivity index (χ1) is 9.19. The van der Waals surface area contributed by atoms with Gasteiger partial charge in [0, 0.05) is 43.5 Å². The van der Waals surface area contributed by atoms with Crippen LogP contribution in [-0.4, -0.2) is 33.9 Å². The second-order valence-corrected chi connectivity index (χ2v) is 4.92. The Morgan fingerprint density at radius 2 is 2.32 bits per heavy atom. The molecule has 0 spiro atoms. The van der Waals surface area contributed by atoms with Crippen LogP contribution in [0.5, 0.6) is 0 Å². The third-order valence-electron chi connectivity index (χ3n) is 2.46. The van der Waals surface area contributed by atoms with Crippen LogP contribution in [0.3, 0.4) is 0 Å². The van der Waals surface area contributed by atoms with Gasteiger partial charge in [-0.3, -0.25) is 14.8 Å². The topological polar surface area (TPSA) is 79.8 Å². The Bertz CT molecular complexity index is 542. The van der Waals surface area contributed by atoms with Gasteiger partial charge in [-0.2, -0.15) is 0 Å². The van der Waals surface area contributed by atoms with Crippen molar-refractivity contribution in [2.24, 2.45) is 0 Å². The molecule has 19 heavy (non-hydrogen) atoms. The Morgan fingerprint density at radius 3 is 2.95 bits per heavy atom. The fourth-order valence-corrected chi connectivity index (χ4v) is 2.24. The summed E-state index contributed by atoms with van der Waals surface area (Å²) >= 11 is 1.40. The highest BCUT2D eigenvalue weighted by Gasteiger charge is 2.13. The Labute approximate surface area is 115 Å². The second-order valence-electron chi connectivity index (χ2n) is 4.06. The molecule has 2 N–H and O–H groups in total. The van der Waals surface area contributed by atoms with Crippen LogP contribution in [0.25, 0.3) is 0 Å². The van der Waals surface area contributed by atoms with Gasteiger partial charge in [-0.1, -0.05) is 0 Å². The molecule has 0 saturated heterocycles. The molecule has 2 aromatic rings. The van der Waals surface area contributed by atoms with Crippen molar-refractivity contribution in [3.05, 3.63) is 35.4 Å². The lowest BCUT2D eigenvalue weighted by molar-refractivity contribution is 0.0935. The zero-order valence-corrected chi connectivity index (χ0v) is 11.6. The Kier molecular flexibility index (Phi) is 4.40. The zero-order chi connectivity index (χ0) is 13.7. The maximum Gasteiger partial charge on any atom is 0.271 e. The van der Waals surface area contributed by atoms with Crippen LogP contribution < -0.4 is 10.6 Å². The monoisotopic (exact) mass is 277 g/mol. The molecule has 0 fully saturated rings. The molecule has 0 aliphatic rings. The average Bonchev–Trinajstić information content (AvgIpc) is 2.88. The smallest absolute Gasteiger partial charge is 0.271 e. The van der Waals surface area contributed by atoms with Gasteiger partial charge in [-0.05, 0) is 6.92 Å². The molecule has 1 amide bonds. The average molecular weight is 277 g/mol. The summed E-state index contributed by atoms with van der Waals surface area (Å²) in [5.74, 6) is -0.172. The van der Waals surface area contributed by atoms with Gasteiger partial charge in [0.05, 0.1) is 5.69 Å². The Hall–Kier alpha value is -2.02. The number of anilines is 1. The van der Waals surface area contributed by atoms with Gasteiger partial charge in [-0.15, -0.1) is 11.3 Å². The highest BCUT2D eigenvalue weighted by molar-refractivity contribution is 7.13. The van der Waals surface area contributed by atoms with Crippen LogP contribution in [0.4, 0.5) is 5.13 Å². The number of hydrogen-bond donors (Lipinski definition) is 2. The van der Waals surface area contributed by atoms with E-state index in [0.29, 0.717) is 12.1 Å². The summed E-state index contributed by atoms with van der Waals surface area (Å²) in [6, 6.07) is -0.0241. The molecule has 2 heterocycles. The fourth-order valence-electron chi connectivity index (χ4n) is 1.59. The van der Waals surface area contributed by atoms with E-state index >= 15 is 0 Å².